The van der Waals surface area contributed by atoms with Crippen LogP contribution in [0, 0.1) is 0 Å². The fraction of sp³-hybridized carbons (Fsp3) is 0.667. The number of nitrogens with one attached hydrogen (secondary N) is 2. The number of nitrogens with zero attached hydrogens (tertiary/aromatic N) is 2. The van der Waals surface area contributed by atoms with Gasteiger partial charge in [-0.2, -0.15) is 0 Å². The van der Waals surface area contributed by atoms with Gasteiger partial charge in [0.1, 0.15) is 5.75 Å². The highest BCUT2D eigenvalue weighted by molar-refractivity contribution is 14.0. The van der Waals surface area contributed by atoms with Gasteiger partial charge in [0.05, 0.1) is 20.3 Å². The summed E-state index contributed by atoms with van der Waals surface area (Å²) >= 11 is 0. The van der Waals surface area contributed by atoms with Crippen LogP contribution in [0.25, 0.3) is 0 Å². The lowest BCUT2D eigenvalue weighted by Crippen LogP contribution is -2.47. The molecule has 0 radical (unpaired) electrons. The molecule has 1 aromatic rings. The molecule has 6 nitrogen and oxygen atoms in total. The number of hydrogen-bond donors (Lipinski definition) is 2. The van der Waals surface area contributed by atoms with Gasteiger partial charge in [0.15, 0.2) is 5.96 Å². The van der Waals surface area contributed by atoms with E-state index >= 15 is 0 Å². The third-order valence-corrected chi connectivity index (χ3v) is 5.88. The molecule has 0 unspecified atom stereocenters. The first-order valence-corrected chi connectivity index (χ1v) is 10.2. The van der Waals surface area contributed by atoms with Crippen molar-refractivity contribution in [1.82, 2.24) is 15.5 Å². The van der Waals surface area contributed by atoms with E-state index < -0.39 is 0 Å². The fourth-order valence-electron chi connectivity index (χ4n) is 4.31. The van der Waals surface area contributed by atoms with Crippen molar-refractivity contribution in [1.29, 1.82) is 0 Å². The molecular weight excluding hydrogens is 467 g/mol. The highest BCUT2D eigenvalue weighted by Crippen LogP contribution is 2.44. The Kier molecular flexibility index (Phi) is 9.81. The van der Waals surface area contributed by atoms with E-state index in [-0.39, 0.29) is 29.4 Å². The summed E-state index contributed by atoms with van der Waals surface area (Å²) in [5.74, 6) is 1.88. The summed E-state index contributed by atoms with van der Waals surface area (Å²) in [5, 5.41) is 7.04. The number of aliphatic imine (C=N–C) groups is 1. The number of halogens is 1. The van der Waals surface area contributed by atoms with E-state index in [1.54, 1.807) is 7.11 Å². The van der Waals surface area contributed by atoms with E-state index in [1.165, 1.54) is 31.2 Å². The van der Waals surface area contributed by atoms with E-state index in [1.807, 2.05) is 13.1 Å². The molecule has 7 heteroatoms. The zero-order valence-electron chi connectivity index (χ0n) is 17.2. The molecule has 0 spiro atoms. The Morgan fingerprint density at radius 1 is 1.18 bits per heavy atom. The number of benzene rings is 1. The van der Waals surface area contributed by atoms with E-state index in [0.717, 1.165) is 57.6 Å². The molecule has 2 aliphatic rings. The van der Waals surface area contributed by atoms with E-state index in [0.29, 0.717) is 0 Å². The summed E-state index contributed by atoms with van der Waals surface area (Å²) in [6, 6.07) is 8.46. The van der Waals surface area contributed by atoms with E-state index in [9.17, 15) is 0 Å². The molecule has 1 saturated carbocycles. The largest absolute Gasteiger partial charge is 0.496 e. The Hall–Kier alpha value is -1.06. The number of rotatable bonds is 7. The van der Waals surface area contributed by atoms with Crippen molar-refractivity contribution in [2.24, 2.45) is 4.99 Å². The second-order valence-corrected chi connectivity index (χ2v) is 7.49. The Morgan fingerprint density at radius 2 is 1.89 bits per heavy atom. The third kappa shape index (κ3) is 5.97. The number of guanidine groups is 1. The van der Waals surface area contributed by atoms with Crippen LogP contribution in [0.1, 0.15) is 31.2 Å². The predicted octanol–water partition coefficient (Wildman–Crippen LogP) is 2.62. The maximum Gasteiger partial charge on any atom is 0.191 e. The summed E-state index contributed by atoms with van der Waals surface area (Å²) < 4.78 is 11.1. The Morgan fingerprint density at radius 3 is 2.57 bits per heavy atom. The highest BCUT2D eigenvalue weighted by Gasteiger charge is 2.37. The van der Waals surface area contributed by atoms with E-state index in [4.69, 9.17) is 9.47 Å². The molecule has 1 aromatic carbocycles. The molecule has 3 rings (SSSR count). The van der Waals surface area contributed by atoms with Crippen molar-refractivity contribution < 1.29 is 9.47 Å². The molecule has 0 aromatic heterocycles. The monoisotopic (exact) mass is 502 g/mol. The van der Waals surface area contributed by atoms with Crippen molar-refractivity contribution in [2.45, 2.75) is 31.1 Å². The standard InChI is InChI=1S/C21H34N4O2.HI/c1-22-20(23-11-12-25-13-15-27-16-14-25)24-17-21(9-5-6-10-21)18-7-3-4-8-19(18)26-2;/h3-4,7-8H,5-6,9-17H2,1-2H3,(H2,22,23,24);1H. The quantitative estimate of drug-likeness (QED) is 0.341. The lowest BCUT2D eigenvalue weighted by Gasteiger charge is -2.32. The van der Waals surface area contributed by atoms with Gasteiger partial charge < -0.3 is 20.1 Å². The Labute approximate surface area is 186 Å². The summed E-state index contributed by atoms with van der Waals surface area (Å²) in [6.45, 7) is 6.51. The number of para-hydroxylation sites is 1. The fourth-order valence-corrected chi connectivity index (χ4v) is 4.31. The van der Waals surface area contributed by atoms with Gasteiger partial charge in [-0.15, -0.1) is 24.0 Å². The zero-order chi connectivity index (χ0) is 19.0. The number of ether oxygens (including phenoxy) is 2. The van der Waals surface area contributed by atoms with Gasteiger partial charge >= 0.3 is 0 Å². The van der Waals surface area contributed by atoms with Crippen LogP contribution in [-0.2, 0) is 10.2 Å². The number of morpholine rings is 1. The van der Waals surface area contributed by atoms with Crippen LogP contribution in [0.5, 0.6) is 5.75 Å². The van der Waals surface area contributed by atoms with Gasteiger partial charge in [0, 0.05) is 50.7 Å². The van der Waals surface area contributed by atoms with Crippen LogP contribution in [0.15, 0.2) is 29.3 Å². The summed E-state index contributed by atoms with van der Waals surface area (Å²) in [5.41, 5.74) is 1.44. The predicted molar refractivity (Wildman–Crippen MR) is 125 cm³/mol. The highest BCUT2D eigenvalue weighted by atomic mass is 127. The van der Waals surface area contributed by atoms with Gasteiger partial charge in [-0.25, -0.2) is 0 Å². The second-order valence-electron chi connectivity index (χ2n) is 7.49. The molecule has 1 saturated heterocycles. The number of hydrogen-bond acceptors (Lipinski definition) is 4. The van der Waals surface area contributed by atoms with Crippen LogP contribution >= 0.6 is 24.0 Å². The van der Waals surface area contributed by atoms with Gasteiger partial charge in [0.2, 0.25) is 0 Å². The van der Waals surface area contributed by atoms with Crippen LogP contribution in [-0.4, -0.2) is 71.0 Å². The molecule has 1 aliphatic heterocycles. The van der Waals surface area contributed by atoms with Crippen molar-refractivity contribution >= 4 is 29.9 Å². The normalized spacial score (nSPS) is 19.7. The number of methoxy groups -OCH3 is 1. The van der Waals surface area contributed by atoms with Crippen molar-refractivity contribution in [3.63, 3.8) is 0 Å². The van der Waals surface area contributed by atoms with Gasteiger partial charge in [-0.1, -0.05) is 31.0 Å². The summed E-state index contributed by atoms with van der Waals surface area (Å²) in [7, 11) is 3.61. The van der Waals surface area contributed by atoms with Crippen molar-refractivity contribution in [2.75, 3.05) is 60.1 Å². The maximum absolute atomic E-state index is 5.66. The molecule has 158 valence electrons. The maximum atomic E-state index is 5.66. The van der Waals surface area contributed by atoms with Crippen LogP contribution < -0.4 is 15.4 Å². The van der Waals surface area contributed by atoms with Crippen LogP contribution in [0.2, 0.25) is 0 Å². The molecule has 2 fully saturated rings. The van der Waals surface area contributed by atoms with Crippen LogP contribution in [0.4, 0.5) is 0 Å². The zero-order valence-corrected chi connectivity index (χ0v) is 19.5. The second kappa shape index (κ2) is 11.8. The van der Waals surface area contributed by atoms with Crippen molar-refractivity contribution in [3.05, 3.63) is 29.8 Å². The van der Waals surface area contributed by atoms with Gasteiger partial charge in [-0.3, -0.25) is 9.89 Å². The van der Waals surface area contributed by atoms with Gasteiger partial charge in [0.25, 0.3) is 0 Å². The molecule has 1 aliphatic carbocycles. The topological polar surface area (TPSA) is 58.1 Å². The lowest BCUT2D eigenvalue weighted by atomic mass is 9.78. The SMILES string of the molecule is CN=C(NCCN1CCOCC1)NCC1(c2ccccc2OC)CCCC1.I. The molecule has 0 bridgehead atoms. The van der Waals surface area contributed by atoms with Gasteiger partial charge in [-0.05, 0) is 18.9 Å². The van der Waals surface area contributed by atoms with E-state index in [2.05, 4.69) is 38.7 Å². The molecule has 0 atom stereocenters. The first-order valence-electron chi connectivity index (χ1n) is 10.2. The molecule has 2 N–H and O–H groups in total. The summed E-state index contributed by atoms with van der Waals surface area (Å²) in [4.78, 5) is 6.85. The van der Waals surface area contributed by atoms with Crippen molar-refractivity contribution in [3.8, 4) is 5.75 Å². The first kappa shape index (κ1) is 23.2. The molecule has 1 heterocycles. The van der Waals surface area contributed by atoms with Crippen LogP contribution in [0.3, 0.4) is 0 Å². The summed E-state index contributed by atoms with van der Waals surface area (Å²) in [6.07, 6.45) is 4.90. The lowest BCUT2D eigenvalue weighted by molar-refractivity contribution is 0.0389. The Bertz CT molecular complexity index is 614. The minimum absolute atomic E-state index is 0. The first-order chi connectivity index (χ1) is 13.3. The average molecular weight is 502 g/mol. The molecular formula is C21H35IN4O2. The smallest absolute Gasteiger partial charge is 0.191 e. The average Bonchev–Trinajstić information content (AvgIpc) is 3.21. The third-order valence-electron chi connectivity index (χ3n) is 5.88. The minimum atomic E-state index is 0. The molecule has 28 heavy (non-hydrogen) atoms. The molecule has 0 amide bonds. The minimum Gasteiger partial charge on any atom is -0.496 e. The Balaban J connectivity index is 0.00000280.